The lowest BCUT2D eigenvalue weighted by molar-refractivity contribution is 0.0700. The molecule has 2 aliphatic rings. The molecule has 3 aromatic heterocycles. The first-order chi connectivity index (χ1) is 16.2. The number of carbonyl (C=O) groups excluding carboxylic acids is 1. The monoisotopic (exact) mass is 442 g/mol. The van der Waals surface area contributed by atoms with E-state index in [2.05, 4.69) is 27.9 Å². The fourth-order valence-corrected chi connectivity index (χ4v) is 5.00. The zero-order chi connectivity index (χ0) is 22.6. The number of rotatable bonds is 4. The van der Waals surface area contributed by atoms with Crippen LogP contribution in [0, 0.1) is 5.92 Å². The van der Waals surface area contributed by atoms with Gasteiger partial charge in [0.1, 0.15) is 5.69 Å². The Morgan fingerprint density at radius 1 is 0.970 bits per heavy atom. The Kier molecular flexibility index (Phi) is 6.28. The van der Waals surface area contributed by atoms with Gasteiger partial charge in [0.15, 0.2) is 0 Å². The summed E-state index contributed by atoms with van der Waals surface area (Å²) in [5, 5.41) is 0. The van der Waals surface area contributed by atoms with E-state index in [-0.39, 0.29) is 11.8 Å². The summed E-state index contributed by atoms with van der Waals surface area (Å²) in [7, 11) is 0. The molecule has 0 spiro atoms. The summed E-state index contributed by atoms with van der Waals surface area (Å²) < 4.78 is 0. The van der Waals surface area contributed by atoms with Gasteiger partial charge >= 0.3 is 0 Å². The predicted octanol–water partition coefficient (Wildman–Crippen LogP) is 4.19. The Hall–Kier alpha value is -3.35. The SMILES string of the molecule is C[C@H]1CCCN(c2ncc(-c3cccnc3)c([C@@H]3CCCN(C(=O)c4ccccn4)C3)n2)C1. The quantitative estimate of drug-likeness (QED) is 0.603. The molecule has 0 radical (unpaired) electrons. The van der Waals surface area contributed by atoms with Crippen LogP contribution < -0.4 is 4.90 Å². The maximum absolute atomic E-state index is 13.1. The molecule has 2 fully saturated rings. The molecule has 7 nitrogen and oxygen atoms in total. The number of pyridine rings is 2. The Balaban J connectivity index is 1.48. The van der Waals surface area contributed by atoms with Crippen LogP contribution in [0.25, 0.3) is 11.1 Å². The summed E-state index contributed by atoms with van der Waals surface area (Å²) in [6.45, 7) is 5.65. The lowest BCUT2D eigenvalue weighted by Crippen LogP contribution is -2.40. The van der Waals surface area contributed by atoms with E-state index in [9.17, 15) is 4.79 Å². The van der Waals surface area contributed by atoms with Crippen molar-refractivity contribution in [3.05, 3.63) is 66.5 Å². The first-order valence-electron chi connectivity index (χ1n) is 11.9. The molecule has 2 saturated heterocycles. The van der Waals surface area contributed by atoms with Crippen LogP contribution in [0.15, 0.2) is 55.1 Å². The van der Waals surface area contributed by atoms with Crippen LogP contribution in [0.2, 0.25) is 0 Å². The van der Waals surface area contributed by atoms with Crippen molar-refractivity contribution in [3.8, 4) is 11.1 Å². The number of amides is 1. The van der Waals surface area contributed by atoms with E-state index < -0.39 is 0 Å². The van der Waals surface area contributed by atoms with E-state index >= 15 is 0 Å². The molecule has 5 heterocycles. The topological polar surface area (TPSA) is 75.1 Å². The Labute approximate surface area is 194 Å². The van der Waals surface area contributed by atoms with E-state index in [1.54, 1.807) is 18.5 Å². The number of aromatic nitrogens is 4. The molecule has 3 aromatic rings. The standard InChI is InChI=1S/C26H30N6O/c1-19-7-5-14-32(17-19)26-29-16-22(20-8-4-11-27-15-20)24(30-26)21-9-6-13-31(18-21)25(33)23-10-2-3-12-28-23/h2-4,8,10-12,15-16,19,21H,5-7,9,13-14,17-18H2,1H3/t19-,21+/m0/s1. The van der Waals surface area contributed by atoms with Crippen LogP contribution in [0.4, 0.5) is 5.95 Å². The minimum Gasteiger partial charge on any atom is -0.341 e. The fourth-order valence-electron chi connectivity index (χ4n) is 5.00. The third-order valence-electron chi connectivity index (χ3n) is 6.70. The van der Waals surface area contributed by atoms with E-state index in [0.717, 1.165) is 55.2 Å². The molecule has 0 unspecified atom stereocenters. The molecule has 0 N–H and O–H groups in total. The van der Waals surface area contributed by atoms with Gasteiger partial charge in [0.25, 0.3) is 5.91 Å². The summed E-state index contributed by atoms with van der Waals surface area (Å²) in [6.07, 6.45) is 11.6. The predicted molar refractivity (Wildman–Crippen MR) is 128 cm³/mol. The number of likely N-dealkylation sites (tertiary alicyclic amines) is 1. The average molecular weight is 443 g/mol. The molecule has 33 heavy (non-hydrogen) atoms. The van der Waals surface area contributed by atoms with E-state index in [4.69, 9.17) is 9.97 Å². The van der Waals surface area contributed by atoms with Crippen molar-refractivity contribution in [2.75, 3.05) is 31.1 Å². The molecule has 170 valence electrons. The molecule has 1 amide bonds. The van der Waals surface area contributed by atoms with Crippen LogP contribution in [0.1, 0.15) is 54.7 Å². The third kappa shape index (κ3) is 4.72. The van der Waals surface area contributed by atoms with Gasteiger partial charge in [-0.05, 0) is 49.8 Å². The molecule has 2 aliphatic heterocycles. The molecule has 7 heteroatoms. The highest BCUT2D eigenvalue weighted by Gasteiger charge is 2.30. The summed E-state index contributed by atoms with van der Waals surface area (Å²) in [5.41, 5.74) is 3.54. The number of carbonyl (C=O) groups is 1. The van der Waals surface area contributed by atoms with Gasteiger partial charge in [0.05, 0.1) is 5.69 Å². The smallest absolute Gasteiger partial charge is 0.272 e. The van der Waals surface area contributed by atoms with Crippen LogP contribution in [0.3, 0.4) is 0 Å². The molecule has 0 aliphatic carbocycles. The lowest BCUT2D eigenvalue weighted by atomic mass is 9.90. The highest BCUT2D eigenvalue weighted by Crippen LogP contribution is 2.34. The lowest BCUT2D eigenvalue weighted by Gasteiger charge is -2.34. The van der Waals surface area contributed by atoms with Gasteiger partial charge in [-0.25, -0.2) is 9.97 Å². The van der Waals surface area contributed by atoms with Gasteiger partial charge < -0.3 is 9.80 Å². The van der Waals surface area contributed by atoms with Crippen LogP contribution in [0.5, 0.6) is 0 Å². The van der Waals surface area contributed by atoms with Crippen molar-refractivity contribution in [2.24, 2.45) is 5.92 Å². The number of nitrogens with zero attached hydrogens (tertiary/aromatic N) is 6. The largest absolute Gasteiger partial charge is 0.341 e. The number of hydrogen-bond acceptors (Lipinski definition) is 6. The highest BCUT2D eigenvalue weighted by atomic mass is 16.2. The van der Waals surface area contributed by atoms with Crippen molar-refractivity contribution in [3.63, 3.8) is 0 Å². The average Bonchev–Trinajstić information content (AvgIpc) is 2.89. The van der Waals surface area contributed by atoms with Crippen molar-refractivity contribution in [1.82, 2.24) is 24.8 Å². The molecule has 0 aromatic carbocycles. The number of anilines is 1. The molecule has 0 saturated carbocycles. The number of piperidine rings is 2. The Morgan fingerprint density at radius 2 is 1.88 bits per heavy atom. The first-order valence-corrected chi connectivity index (χ1v) is 11.9. The first kappa shape index (κ1) is 21.5. The van der Waals surface area contributed by atoms with Crippen LogP contribution in [-0.4, -0.2) is 56.9 Å². The maximum atomic E-state index is 13.1. The second kappa shape index (κ2) is 9.65. The van der Waals surface area contributed by atoms with Gasteiger partial charge in [-0.2, -0.15) is 0 Å². The fraction of sp³-hybridized carbons (Fsp3) is 0.423. The van der Waals surface area contributed by atoms with Crippen LogP contribution >= 0.6 is 0 Å². The van der Waals surface area contributed by atoms with Gasteiger partial charge in [-0.3, -0.25) is 14.8 Å². The van der Waals surface area contributed by atoms with Crippen molar-refractivity contribution in [1.29, 1.82) is 0 Å². The van der Waals surface area contributed by atoms with E-state index in [1.807, 2.05) is 35.5 Å². The normalized spacial score (nSPS) is 21.1. The van der Waals surface area contributed by atoms with Gasteiger partial charge in [-0.1, -0.05) is 19.1 Å². The molecular weight excluding hydrogens is 412 g/mol. The number of hydrogen-bond donors (Lipinski definition) is 0. The third-order valence-corrected chi connectivity index (χ3v) is 6.70. The van der Waals surface area contributed by atoms with Crippen molar-refractivity contribution in [2.45, 2.75) is 38.5 Å². The van der Waals surface area contributed by atoms with Crippen molar-refractivity contribution < 1.29 is 4.79 Å². The zero-order valence-corrected chi connectivity index (χ0v) is 19.1. The minimum absolute atomic E-state index is 0.0117. The van der Waals surface area contributed by atoms with Gasteiger partial charge in [0.2, 0.25) is 5.95 Å². The summed E-state index contributed by atoms with van der Waals surface area (Å²) in [4.78, 5) is 35.8. The van der Waals surface area contributed by atoms with E-state index in [0.29, 0.717) is 18.2 Å². The van der Waals surface area contributed by atoms with Crippen LogP contribution in [-0.2, 0) is 0 Å². The highest BCUT2D eigenvalue weighted by molar-refractivity contribution is 5.92. The molecular formula is C26H30N6O. The van der Waals surface area contributed by atoms with E-state index in [1.165, 1.54) is 12.8 Å². The summed E-state index contributed by atoms with van der Waals surface area (Å²) in [6, 6.07) is 9.47. The zero-order valence-electron chi connectivity index (χ0n) is 19.1. The molecule has 2 atom stereocenters. The minimum atomic E-state index is -0.0117. The Morgan fingerprint density at radius 3 is 2.67 bits per heavy atom. The van der Waals surface area contributed by atoms with Gasteiger partial charge in [0, 0.05) is 68.0 Å². The maximum Gasteiger partial charge on any atom is 0.272 e. The summed E-state index contributed by atoms with van der Waals surface area (Å²) >= 11 is 0. The van der Waals surface area contributed by atoms with Gasteiger partial charge in [-0.15, -0.1) is 0 Å². The molecule has 0 bridgehead atoms. The Bertz CT molecular complexity index is 1090. The second-order valence-electron chi connectivity index (χ2n) is 9.21. The summed E-state index contributed by atoms with van der Waals surface area (Å²) in [5.74, 6) is 1.58. The van der Waals surface area contributed by atoms with Crippen molar-refractivity contribution >= 4 is 11.9 Å². The second-order valence-corrected chi connectivity index (χ2v) is 9.21. The molecule has 5 rings (SSSR count).